The maximum atomic E-state index is 6.30. The number of fused-ring (bicyclic) bond motifs is 1. The molecule has 5 heteroatoms. The fourth-order valence-electron chi connectivity index (χ4n) is 5.21. The number of hydrogen-bond acceptors (Lipinski definition) is 1. The minimum atomic E-state index is -1.44. The molecule has 1 nitrogen and oxygen atoms in total. The zero-order valence-corrected chi connectivity index (χ0v) is 22.2. The second-order valence-electron chi connectivity index (χ2n) is 8.74. The third kappa shape index (κ3) is 6.29. The Hall–Kier alpha value is 0.600. The SMILES string of the molecule is CCC(CCO[Si](C)(C)C)(C1=CC=CC1)C1CCC2C=CC=CC21.[Cl-].[Cl-].[Zr+2]. The van der Waals surface area contributed by atoms with Crippen LogP contribution in [0.2, 0.25) is 19.6 Å². The maximum absolute atomic E-state index is 6.30. The largest absolute Gasteiger partial charge is 2.00 e. The molecule has 0 amide bonds. The molecule has 0 radical (unpaired) electrons. The predicted octanol–water partition coefficient (Wildman–Crippen LogP) is 0.285. The van der Waals surface area contributed by atoms with Crippen molar-refractivity contribution in [2.24, 2.45) is 23.2 Å². The summed E-state index contributed by atoms with van der Waals surface area (Å²) in [5.74, 6) is 2.26. The molecule has 0 aliphatic heterocycles. The summed E-state index contributed by atoms with van der Waals surface area (Å²) in [7, 11) is -1.44. The van der Waals surface area contributed by atoms with Crippen molar-refractivity contribution in [3.05, 3.63) is 48.1 Å². The van der Waals surface area contributed by atoms with Crippen molar-refractivity contribution in [2.45, 2.75) is 58.7 Å². The monoisotopic (exact) mass is 502 g/mol. The standard InChI is InChI=1S/C22H34OSi.2ClH.Zr/c1-5-22(19-11-7-8-12-19,16-17-23-24(2,3)4)21-15-14-18-10-6-9-13-20(18)21;;;/h6-11,13,18,20-21H,5,12,14-17H2,1-4H3;2*1H;/q;;;+2/p-2. The van der Waals surface area contributed by atoms with Crippen LogP contribution in [0.3, 0.4) is 0 Å². The molecule has 0 heterocycles. The van der Waals surface area contributed by atoms with Crippen LogP contribution in [0.25, 0.3) is 0 Å². The average Bonchev–Trinajstić information content (AvgIpc) is 3.21. The molecule has 1 fully saturated rings. The fourth-order valence-corrected chi connectivity index (χ4v) is 5.92. The van der Waals surface area contributed by atoms with Crippen molar-refractivity contribution in [1.82, 2.24) is 0 Å². The van der Waals surface area contributed by atoms with Crippen LogP contribution in [0.4, 0.5) is 0 Å². The van der Waals surface area contributed by atoms with E-state index in [1.54, 1.807) is 5.57 Å². The van der Waals surface area contributed by atoms with Gasteiger partial charge in [0.1, 0.15) is 0 Å². The zero-order chi connectivity index (χ0) is 17.2. The second-order valence-corrected chi connectivity index (χ2v) is 13.3. The van der Waals surface area contributed by atoms with Crippen LogP contribution in [0.15, 0.2) is 48.1 Å². The Bertz CT molecular complexity index is 579. The summed E-state index contributed by atoms with van der Waals surface area (Å²) in [6, 6.07) is 0. The summed E-state index contributed by atoms with van der Waals surface area (Å²) in [6.45, 7) is 10.2. The van der Waals surface area contributed by atoms with E-state index in [9.17, 15) is 0 Å². The minimum absolute atomic E-state index is 0. The van der Waals surface area contributed by atoms with E-state index in [2.05, 4.69) is 69.1 Å². The molecule has 0 saturated heterocycles. The Morgan fingerprint density at radius 1 is 1.07 bits per heavy atom. The molecule has 1 saturated carbocycles. The summed E-state index contributed by atoms with van der Waals surface area (Å²) < 4.78 is 6.30. The van der Waals surface area contributed by atoms with Crippen molar-refractivity contribution in [2.75, 3.05) is 6.61 Å². The molecule has 4 unspecified atom stereocenters. The van der Waals surface area contributed by atoms with Gasteiger partial charge in [0.15, 0.2) is 8.32 Å². The van der Waals surface area contributed by atoms with Crippen LogP contribution in [0.5, 0.6) is 0 Å². The van der Waals surface area contributed by atoms with Gasteiger partial charge in [-0.25, -0.2) is 0 Å². The average molecular weight is 505 g/mol. The molecule has 0 N–H and O–H groups in total. The zero-order valence-electron chi connectivity index (χ0n) is 17.2. The smallest absolute Gasteiger partial charge is 1.00 e. The molecule has 4 atom stereocenters. The van der Waals surface area contributed by atoms with Gasteiger partial charge in [0, 0.05) is 6.61 Å². The maximum Gasteiger partial charge on any atom is 2.00 e. The van der Waals surface area contributed by atoms with Crippen molar-refractivity contribution >= 4 is 8.32 Å². The van der Waals surface area contributed by atoms with E-state index < -0.39 is 8.32 Å². The van der Waals surface area contributed by atoms with Crippen molar-refractivity contribution in [1.29, 1.82) is 0 Å². The van der Waals surface area contributed by atoms with Crippen molar-refractivity contribution in [3.8, 4) is 0 Å². The van der Waals surface area contributed by atoms with Crippen molar-refractivity contribution in [3.63, 3.8) is 0 Å². The van der Waals surface area contributed by atoms with E-state index in [1.165, 1.54) is 25.7 Å². The summed E-state index contributed by atoms with van der Waals surface area (Å²) in [6.07, 6.45) is 22.8. The Morgan fingerprint density at radius 3 is 2.37 bits per heavy atom. The van der Waals surface area contributed by atoms with Gasteiger partial charge in [-0.3, -0.25) is 0 Å². The van der Waals surface area contributed by atoms with E-state index in [-0.39, 0.29) is 51.0 Å². The predicted molar refractivity (Wildman–Crippen MR) is 106 cm³/mol. The number of halogens is 2. The Morgan fingerprint density at radius 2 is 1.78 bits per heavy atom. The first-order chi connectivity index (χ1) is 11.5. The van der Waals surface area contributed by atoms with E-state index >= 15 is 0 Å². The normalized spacial score (nSPS) is 27.7. The third-order valence-corrected chi connectivity index (χ3v) is 7.48. The molecule has 150 valence electrons. The van der Waals surface area contributed by atoms with Crippen LogP contribution in [-0.2, 0) is 30.6 Å². The number of rotatable bonds is 7. The molecule has 3 aliphatic rings. The Kier molecular flexibility index (Phi) is 12.0. The van der Waals surface area contributed by atoms with E-state index in [0.717, 1.165) is 30.8 Å². The van der Waals surface area contributed by atoms with Gasteiger partial charge in [-0.1, -0.05) is 55.0 Å². The molecule has 0 aromatic carbocycles. The molecule has 0 aromatic rings. The summed E-state index contributed by atoms with van der Waals surface area (Å²) in [5.41, 5.74) is 1.98. The second kappa shape index (κ2) is 11.7. The first-order valence-corrected chi connectivity index (χ1v) is 13.2. The topological polar surface area (TPSA) is 9.23 Å². The first-order valence-electron chi connectivity index (χ1n) is 9.81. The molecule has 3 aliphatic carbocycles. The van der Waals surface area contributed by atoms with E-state index in [0.29, 0.717) is 5.41 Å². The summed E-state index contributed by atoms with van der Waals surface area (Å²) in [5, 5.41) is 0. The van der Waals surface area contributed by atoms with E-state index in [1.807, 2.05) is 0 Å². The van der Waals surface area contributed by atoms with Crippen molar-refractivity contribution < 1.29 is 55.4 Å². The van der Waals surface area contributed by atoms with Crippen LogP contribution in [0.1, 0.15) is 39.0 Å². The summed E-state index contributed by atoms with van der Waals surface area (Å²) >= 11 is 0. The van der Waals surface area contributed by atoms with Gasteiger partial charge in [-0.2, -0.15) is 0 Å². The van der Waals surface area contributed by atoms with Gasteiger partial charge in [0.05, 0.1) is 0 Å². The van der Waals surface area contributed by atoms with Gasteiger partial charge < -0.3 is 29.2 Å². The van der Waals surface area contributed by atoms with Crippen LogP contribution < -0.4 is 24.8 Å². The summed E-state index contributed by atoms with van der Waals surface area (Å²) in [4.78, 5) is 0. The minimum Gasteiger partial charge on any atom is -1.00 e. The van der Waals surface area contributed by atoms with Crippen LogP contribution in [-0.4, -0.2) is 14.9 Å². The molecule has 3 rings (SSSR count). The Labute approximate surface area is 199 Å². The van der Waals surface area contributed by atoms with Gasteiger partial charge in [-0.05, 0) is 74.9 Å². The molecule has 0 bridgehead atoms. The quantitative estimate of drug-likeness (QED) is 0.453. The number of hydrogen-bond donors (Lipinski definition) is 0. The van der Waals surface area contributed by atoms with Gasteiger partial charge >= 0.3 is 26.2 Å². The molecule has 27 heavy (non-hydrogen) atoms. The molecule has 0 spiro atoms. The molecular formula is C22H34Cl2OSiZr. The third-order valence-electron chi connectivity index (χ3n) is 6.41. The molecule has 0 aromatic heterocycles. The Balaban J connectivity index is 0.00000225. The fraction of sp³-hybridized carbons (Fsp3) is 0.636. The van der Waals surface area contributed by atoms with Crippen LogP contribution >= 0.6 is 0 Å². The van der Waals surface area contributed by atoms with Gasteiger partial charge in [0.2, 0.25) is 0 Å². The van der Waals surface area contributed by atoms with E-state index in [4.69, 9.17) is 4.43 Å². The van der Waals surface area contributed by atoms with Gasteiger partial charge in [0.25, 0.3) is 0 Å². The van der Waals surface area contributed by atoms with Gasteiger partial charge in [-0.15, -0.1) is 0 Å². The van der Waals surface area contributed by atoms with Crippen LogP contribution in [0, 0.1) is 23.2 Å². The molecular weight excluding hydrogens is 470 g/mol. The number of allylic oxidation sites excluding steroid dienone is 8. The first kappa shape index (κ1) is 27.6.